The van der Waals surface area contributed by atoms with E-state index in [0.29, 0.717) is 16.6 Å². The Morgan fingerprint density at radius 3 is 2.70 bits per heavy atom. The van der Waals surface area contributed by atoms with Gasteiger partial charge in [0.1, 0.15) is 5.82 Å². The van der Waals surface area contributed by atoms with Crippen LogP contribution in [0.5, 0.6) is 0 Å². The van der Waals surface area contributed by atoms with Gasteiger partial charge in [0, 0.05) is 6.42 Å². The zero-order valence-corrected chi connectivity index (χ0v) is 15.0. The molecule has 7 nitrogen and oxygen atoms in total. The molecule has 0 saturated heterocycles. The van der Waals surface area contributed by atoms with Crippen molar-refractivity contribution >= 4 is 22.5 Å². The summed E-state index contributed by atoms with van der Waals surface area (Å²) < 4.78 is 1.66. The van der Waals surface area contributed by atoms with Crippen LogP contribution in [0.25, 0.3) is 16.6 Å². The quantitative estimate of drug-likeness (QED) is 0.315. The summed E-state index contributed by atoms with van der Waals surface area (Å²) in [6.07, 6.45) is 4.40. The van der Waals surface area contributed by atoms with Gasteiger partial charge < -0.3 is 5.73 Å². The van der Waals surface area contributed by atoms with Crippen molar-refractivity contribution in [2.75, 3.05) is 0 Å². The number of hydrogen-bond acceptors (Lipinski definition) is 4. The van der Waals surface area contributed by atoms with E-state index in [0.717, 1.165) is 30.8 Å². The van der Waals surface area contributed by atoms with Crippen LogP contribution >= 0.6 is 0 Å². The summed E-state index contributed by atoms with van der Waals surface area (Å²) in [7, 11) is 0. The Kier molecular flexibility index (Phi) is 5.47. The van der Waals surface area contributed by atoms with Gasteiger partial charge in [0.2, 0.25) is 5.96 Å². The maximum atomic E-state index is 13.1. The van der Waals surface area contributed by atoms with E-state index in [9.17, 15) is 4.79 Å². The van der Waals surface area contributed by atoms with Gasteiger partial charge in [-0.15, -0.1) is 0 Å². The molecule has 27 heavy (non-hydrogen) atoms. The lowest BCUT2D eigenvalue weighted by Crippen LogP contribution is -2.26. The zero-order valence-electron chi connectivity index (χ0n) is 15.0. The number of unbranched alkanes of at least 4 members (excludes halogenated alkanes) is 1. The molecule has 136 valence electrons. The van der Waals surface area contributed by atoms with Crippen LogP contribution in [0.2, 0.25) is 0 Å². The highest BCUT2D eigenvalue weighted by Crippen LogP contribution is 2.18. The number of nitrogens with two attached hydrogens (primary N) is 1. The molecule has 3 aromatic rings. The Bertz CT molecular complexity index is 1080. The second-order valence-electron chi connectivity index (χ2n) is 6.04. The van der Waals surface area contributed by atoms with Gasteiger partial charge in [-0.1, -0.05) is 25.5 Å². The molecule has 3 N–H and O–H groups in total. The van der Waals surface area contributed by atoms with E-state index >= 15 is 0 Å². The number of fused-ring (bicyclic) bond motifs is 1. The van der Waals surface area contributed by atoms with Crippen molar-refractivity contribution in [1.29, 1.82) is 5.26 Å². The van der Waals surface area contributed by atoms with Crippen LogP contribution in [0.4, 0.5) is 5.69 Å². The predicted octanol–water partition coefficient (Wildman–Crippen LogP) is 2.75. The lowest BCUT2D eigenvalue weighted by Gasteiger charge is -2.13. The Balaban J connectivity index is 2.09. The molecule has 0 aliphatic carbocycles. The number of rotatable bonds is 5. The molecule has 0 amide bonds. The fourth-order valence-corrected chi connectivity index (χ4v) is 2.85. The molecule has 0 bridgehead atoms. The van der Waals surface area contributed by atoms with Gasteiger partial charge in [0.05, 0.1) is 22.3 Å². The van der Waals surface area contributed by atoms with Crippen LogP contribution in [-0.4, -0.2) is 15.5 Å². The normalized spacial score (nSPS) is 11.3. The van der Waals surface area contributed by atoms with E-state index in [2.05, 4.69) is 17.2 Å². The fraction of sp³-hybridized carbons (Fsp3) is 0.200. The van der Waals surface area contributed by atoms with Crippen molar-refractivity contribution in [2.24, 2.45) is 10.7 Å². The minimum atomic E-state index is -0.0892. The largest absolute Gasteiger partial charge is 0.369 e. The highest BCUT2D eigenvalue weighted by Gasteiger charge is 2.12. The zero-order chi connectivity index (χ0) is 19.2. The summed E-state index contributed by atoms with van der Waals surface area (Å²) in [6, 6.07) is 14.5. The van der Waals surface area contributed by atoms with Gasteiger partial charge in [0.25, 0.3) is 5.56 Å². The van der Waals surface area contributed by atoms with Crippen LogP contribution in [-0.2, 0) is 6.42 Å². The van der Waals surface area contributed by atoms with Crippen molar-refractivity contribution < 1.29 is 0 Å². The lowest BCUT2D eigenvalue weighted by molar-refractivity contribution is 0.720. The minimum Gasteiger partial charge on any atom is -0.369 e. The number of aliphatic imine (C=N–C) groups is 1. The number of aryl methyl sites for hydroxylation is 1. The first-order valence-corrected chi connectivity index (χ1v) is 8.74. The Labute approximate surface area is 156 Å². The van der Waals surface area contributed by atoms with E-state index < -0.39 is 0 Å². The number of hydrogen-bond donors (Lipinski definition) is 2. The average Bonchev–Trinajstić information content (AvgIpc) is 2.67. The number of aromatic nitrogens is 2. The number of para-hydroxylation sites is 1. The summed E-state index contributed by atoms with van der Waals surface area (Å²) in [5.41, 5.74) is 7.50. The number of nitriles is 1. The number of guanidine groups is 1. The smallest absolute Gasteiger partial charge is 0.265 e. The Morgan fingerprint density at radius 2 is 2.00 bits per heavy atom. The number of nitrogens with zero attached hydrogens (tertiary/aromatic N) is 4. The molecule has 1 heterocycles. The second-order valence-corrected chi connectivity index (χ2v) is 6.04. The SMILES string of the molecule is CCCCc1nc2ccccc2c(=O)n1-c1ccc(N=C(N)NC#N)cc1. The van der Waals surface area contributed by atoms with Crippen LogP contribution in [0.3, 0.4) is 0 Å². The van der Waals surface area contributed by atoms with E-state index in [-0.39, 0.29) is 11.5 Å². The molecule has 0 radical (unpaired) electrons. The Hall–Kier alpha value is -3.66. The summed E-state index contributed by atoms with van der Waals surface area (Å²) >= 11 is 0. The Morgan fingerprint density at radius 1 is 1.26 bits per heavy atom. The van der Waals surface area contributed by atoms with Gasteiger partial charge in [-0.2, -0.15) is 5.26 Å². The molecular formula is C20H20N6O. The molecule has 0 fully saturated rings. The first kappa shape index (κ1) is 18.1. The standard InChI is InChI=1S/C20H20N6O/c1-2-3-8-18-25-17-7-5-4-6-16(17)19(27)26(18)15-11-9-14(10-12-15)24-20(22)23-13-21/h4-7,9-12H,2-3,8H2,1H3,(H3,22,23,24). The monoisotopic (exact) mass is 360 g/mol. The van der Waals surface area contributed by atoms with Gasteiger partial charge in [-0.3, -0.25) is 14.7 Å². The van der Waals surface area contributed by atoms with E-state index in [4.69, 9.17) is 16.0 Å². The average molecular weight is 360 g/mol. The maximum Gasteiger partial charge on any atom is 0.265 e. The third kappa shape index (κ3) is 3.96. The van der Waals surface area contributed by atoms with Crippen molar-refractivity contribution in [3.63, 3.8) is 0 Å². The summed E-state index contributed by atoms with van der Waals surface area (Å²) in [5.74, 6) is 0.751. The van der Waals surface area contributed by atoms with Crippen molar-refractivity contribution in [1.82, 2.24) is 14.9 Å². The van der Waals surface area contributed by atoms with Crippen LogP contribution in [0.1, 0.15) is 25.6 Å². The first-order valence-electron chi connectivity index (χ1n) is 8.74. The minimum absolute atomic E-state index is 0.0124. The van der Waals surface area contributed by atoms with Gasteiger partial charge in [-0.05, 0) is 42.8 Å². The van der Waals surface area contributed by atoms with Crippen molar-refractivity contribution in [3.05, 3.63) is 64.7 Å². The number of benzene rings is 2. The van der Waals surface area contributed by atoms with E-state index in [1.54, 1.807) is 41.1 Å². The van der Waals surface area contributed by atoms with Gasteiger partial charge >= 0.3 is 0 Å². The van der Waals surface area contributed by atoms with Crippen molar-refractivity contribution in [3.8, 4) is 11.9 Å². The molecule has 0 spiro atoms. The molecule has 0 atom stereocenters. The summed E-state index contributed by atoms with van der Waals surface area (Å²) in [6.45, 7) is 2.11. The molecule has 7 heteroatoms. The molecule has 3 rings (SSSR count). The third-order valence-electron chi connectivity index (χ3n) is 4.14. The van der Waals surface area contributed by atoms with Gasteiger partial charge in [0.15, 0.2) is 6.19 Å². The molecular weight excluding hydrogens is 340 g/mol. The van der Waals surface area contributed by atoms with Crippen LogP contribution in [0, 0.1) is 11.5 Å². The van der Waals surface area contributed by atoms with Crippen LogP contribution < -0.4 is 16.6 Å². The second kappa shape index (κ2) is 8.15. The third-order valence-corrected chi connectivity index (χ3v) is 4.14. The highest BCUT2D eigenvalue weighted by atomic mass is 16.1. The summed E-state index contributed by atoms with van der Waals surface area (Å²) in [5, 5.41) is 11.4. The first-order chi connectivity index (χ1) is 13.1. The molecule has 1 aromatic heterocycles. The summed E-state index contributed by atoms with van der Waals surface area (Å²) in [4.78, 5) is 21.9. The molecule has 0 aliphatic heterocycles. The molecule has 2 aromatic carbocycles. The van der Waals surface area contributed by atoms with Gasteiger partial charge in [-0.25, -0.2) is 9.98 Å². The highest BCUT2D eigenvalue weighted by molar-refractivity contribution is 5.82. The maximum absolute atomic E-state index is 13.1. The molecule has 0 saturated carbocycles. The van der Waals surface area contributed by atoms with Crippen molar-refractivity contribution in [2.45, 2.75) is 26.2 Å². The molecule has 0 aliphatic rings. The van der Waals surface area contributed by atoms with E-state index in [1.165, 1.54) is 0 Å². The van der Waals surface area contributed by atoms with E-state index in [1.807, 2.05) is 18.2 Å². The lowest BCUT2D eigenvalue weighted by atomic mass is 10.2. The van der Waals surface area contributed by atoms with Crippen LogP contribution in [0.15, 0.2) is 58.3 Å². The number of nitrogens with one attached hydrogen (secondary N) is 1. The predicted molar refractivity (Wildman–Crippen MR) is 106 cm³/mol. The fourth-order valence-electron chi connectivity index (χ4n) is 2.85. The topological polar surface area (TPSA) is 109 Å². The molecule has 0 unspecified atom stereocenters.